The molecule has 1 aromatic carbocycles. The van der Waals surface area contributed by atoms with Gasteiger partial charge in [-0.25, -0.2) is 0 Å². The number of benzene rings is 1. The third-order valence-electron chi connectivity index (χ3n) is 2.96. The Labute approximate surface area is 139 Å². The van der Waals surface area contributed by atoms with E-state index in [0.29, 0.717) is 21.8 Å². The highest BCUT2D eigenvalue weighted by Crippen LogP contribution is 2.47. The lowest BCUT2D eigenvalue weighted by atomic mass is 10.2. The molecule has 0 bridgehead atoms. The zero-order valence-electron chi connectivity index (χ0n) is 12.0. The molecular formula is C16H19ClO2S2. The fraction of sp³-hybridized carbons (Fsp3) is 0.438. The Hall–Kier alpha value is -0.580. The van der Waals surface area contributed by atoms with Crippen LogP contribution in [0, 0.1) is 0 Å². The number of halogens is 1. The van der Waals surface area contributed by atoms with Gasteiger partial charge in [-0.3, -0.25) is 4.79 Å². The van der Waals surface area contributed by atoms with E-state index >= 15 is 0 Å². The molecule has 0 amide bonds. The van der Waals surface area contributed by atoms with E-state index in [1.54, 1.807) is 12.1 Å². The zero-order chi connectivity index (χ0) is 15.1. The molecule has 114 valence electrons. The second kappa shape index (κ2) is 8.76. The first-order valence-corrected chi connectivity index (χ1v) is 9.56. The van der Waals surface area contributed by atoms with Crippen molar-refractivity contribution in [2.24, 2.45) is 0 Å². The standard InChI is InChI=1S/C16H19ClO2S2/c1-2-3-4-6-15(18)19-14-8-7-12(17)11-13(14)16-20-9-5-10-21-16/h3-4,7-8,11,16H,2,5-6,9-10H2,1H3/b4-3+. The fourth-order valence-corrected chi connectivity index (χ4v) is 5.08. The molecule has 0 N–H and O–H groups in total. The molecule has 0 aromatic heterocycles. The van der Waals surface area contributed by atoms with Crippen LogP contribution in [0.15, 0.2) is 30.4 Å². The number of carbonyl (C=O) groups excluding carboxylic acids is 1. The first kappa shape index (κ1) is 16.8. The number of rotatable bonds is 5. The highest BCUT2D eigenvalue weighted by atomic mass is 35.5. The number of hydrogen-bond donors (Lipinski definition) is 0. The minimum atomic E-state index is -0.228. The summed E-state index contributed by atoms with van der Waals surface area (Å²) in [6.07, 6.45) is 6.28. The Bertz CT molecular complexity index is 511. The highest BCUT2D eigenvalue weighted by Gasteiger charge is 2.21. The summed E-state index contributed by atoms with van der Waals surface area (Å²) in [5, 5.41) is 0.683. The number of hydrogen-bond acceptors (Lipinski definition) is 4. The van der Waals surface area contributed by atoms with Crippen LogP contribution in [0.5, 0.6) is 5.75 Å². The van der Waals surface area contributed by atoms with Gasteiger partial charge >= 0.3 is 5.97 Å². The Morgan fingerprint density at radius 2 is 2.14 bits per heavy atom. The number of thioether (sulfide) groups is 2. The van der Waals surface area contributed by atoms with Crippen LogP contribution in [0.3, 0.4) is 0 Å². The van der Waals surface area contributed by atoms with Crippen LogP contribution in [-0.2, 0) is 4.79 Å². The molecule has 1 aliphatic rings. The van der Waals surface area contributed by atoms with E-state index in [1.807, 2.05) is 48.7 Å². The normalized spacial score (nSPS) is 16.3. The number of ether oxygens (including phenoxy) is 1. The summed E-state index contributed by atoms with van der Waals surface area (Å²) in [4.78, 5) is 11.9. The van der Waals surface area contributed by atoms with Gasteiger partial charge in [-0.2, -0.15) is 0 Å². The van der Waals surface area contributed by atoms with Crippen LogP contribution >= 0.6 is 35.1 Å². The smallest absolute Gasteiger partial charge is 0.315 e. The van der Waals surface area contributed by atoms with Crippen molar-refractivity contribution in [3.63, 3.8) is 0 Å². The maximum Gasteiger partial charge on any atom is 0.315 e. The van der Waals surface area contributed by atoms with E-state index in [4.69, 9.17) is 16.3 Å². The molecule has 0 saturated carbocycles. The van der Waals surface area contributed by atoms with Crippen molar-refractivity contribution >= 4 is 41.1 Å². The van der Waals surface area contributed by atoms with Gasteiger partial charge in [-0.05, 0) is 42.5 Å². The molecule has 21 heavy (non-hydrogen) atoms. The van der Waals surface area contributed by atoms with Crippen LogP contribution in [0.4, 0.5) is 0 Å². The average molecular weight is 343 g/mol. The van der Waals surface area contributed by atoms with E-state index < -0.39 is 0 Å². The predicted octanol–water partition coefficient (Wildman–Crippen LogP) is 5.47. The third-order valence-corrected chi connectivity index (χ3v) is 6.18. The van der Waals surface area contributed by atoms with Gasteiger partial charge in [0.2, 0.25) is 0 Å². The van der Waals surface area contributed by atoms with Crippen molar-refractivity contribution in [3.8, 4) is 5.75 Å². The molecule has 1 fully saturated rings. The summed E-state index contributed by atoms with van der Waals surface area (Å²) in [6, 6.07) is 5.49. The molecule has 1 aromatic rings. The summed E-state index contributed by atoms with van der Waals surface area (Å²) in [7, 11) is 0. The van der Waals surface area contributed by atoms with Gasteiger partial charge in [-0.1, -0.05) is 30.7 Å². The Morgan fingerprint density at radius 1 is 1.38 bits per heavy atom. The largest absolute Gasteiger partial charge is 0.426 e. The molecular weight excluding hydrogens is 324 g/mol. The number of allylic oxidation sites excluding steroid dienone is 1. The SMILES string of the molecule is CC/C=C/CC(=O)Oc1ccc(Cl)cc1C1SCCCS1. The maximum atomic E-state index is 11.9. The van der Waals surface area contributed by atoms with Crippen molar-refractivity contribution in [3.05, 3.63) is 40.9 Å². The second-order valence-corrected chi connectivity index (χ2v) is 7.83. The van der Waals surface area contributed by atoms with Crippen molar-refractivity contribution in [2.45, 2.75) is 30.8 Å². The average Bonchev–Trinajstić information content (AvgIpc) is 2.50. The Morgan fingerprint density at radius 3 is 2.86 bits per heavy atom. The molecule has 0 aliphatic carbocycles. The summed E-state index contributed by atoms with van der Waals surface area (Å²) < 4.78 is 5.82. The number of esters is 1. The molecule has 0 atom stereocenters. The van der Waals surface area contributed by atoms with Crippen LogP contribution in [-0.4, -0.2) is 17.5 Å². The molecule has 0 unspecified atom stereocenters. The molecule has 5 heteroatoms. The van der Waals surface area contributed by atoms with Gasteiger partial charge in [0.1, 0.15) is 5.75 Å². The molecule has 2 nitrogen and oxygen atoms in total. The summed E-state index contributed by atoms with van der Waals surface area (Å²) in [6.45, 7) is 2.04. The van der Waals surface area contributed by atoms with Crippen LogP contribution in [0.2, 0.25) is 5.02 Å². The van der Waals surface area contributed by atoms with Gasteiger partial charge in [-0.15, -0.1) is 23.5 Å². The lowest BCUT2D eigenvalue weighted by molar-refractivity contribution is -0.133. The van der Waals surface area contributed by atoms with Gasteiger partial charge in [0, 0.05) is 10.6 Å². The minimum absolute atomic E-state index is 0.228. The lowest BCUT2D eigenvalue weighted by Crippen LogP contribution is -2.09. The van der Waals surface area contributed by atoms with Gasteiger partial charge < -0.3 is 4.74 Å². The minimum Gasteiger partial charge on any atom is -0.426 e. The molecule has 1 heterocycles. The van der Waals surface area contributed by atoms with Crippen LogP contribution in [0.25, 0.3) is 0 Å². The van der Waals surface area contributed by atoms with Crippen molar-refractivity contribution in [1.29, 1.82) is 0 Å². The Balaban J connectivity index is 2.10. The highest BCUT2D eigenvalue weighted by molar-refractivity contribution is 8.16. The van der Waals surface area contributed by atoms with Crippen molar-refractivity contribution in [1.82, 2.24) is 0 Å². The van der Waals surface area contributed by atoms with E-state index in [9.17, 15) is 4.79 Å². The van der Waals surface area contributed by atoms with Gasteiger partial charge in [0.15, 0.2) is 0 Å². The molecule has 1 aliphatic heterocycles. The van der Waals surface area contributed by atoms with Gasteiger partial charge in [0.05, 0.1) is 11.0 Å². The first-order valence-electron chi connectivity index (χ1n) is 7.09. The molecule has 0 radical (unpaired) electrons. The summed E-state index contributed by atoms with van der Waals surface area (Å²) in [5.74, 6) is 2.68. The summed E-state index contributed by atoms with van der Waals surface area (Å²) in [5.41, 5.74) is 1.02. The molecule has 1 saturated heterocycles. The van der Waals surface area contributed by atoms with E-state index in [2.05, 4.69) is 0 Å². The van der Waals surface area contributed by atoms with E-state index in [-0.39, 0.29) is 5.97 Å². The maximum absolute atomic E-state index is 11.9. The lowest BCUT2D eigenvalue weighted by Gasteiger charge is -2.23. The quantitative estimate of drug-likeness (QED) is 0.402. The van der Waals surface area contributed by atoms with Crippen molar-refractivity contribution in [2.75, 3.05) is 11.5 Å². The topological polar surface area (TPSA) is 26.3 Å². The third kappa shape index (κ3) is 5.28. The molecule has 2 rings (SSSR count). The summed E-state index contributed by atoms with van der Waals surface area (Å²) >= 11 is 9.88. The fourth-order valence-electron chi connectivity index (χ4n) is 1.97. The first-order chi connectivity index (χ1) is 10.2. The van der Waals surface area contributed by atoms with Crippen LogP contribution < -0.4 is 4.74 Å². The second-order valence-electron chi connectivity index (χ2n) is 4.67. The predicted molar refractivity (Wildman–Crippen MR) is 93.4 cm³/mol. The number of carbonyl (C=O) groups is 1. The van der Waals surface area contributed by atoms with Gasteiger partial charge in [0.25, 0.3) is 0 Å². The van der Waals surface area contributed by atoms with Crippen molar-refractivity contribution < 1.29 is 9.53 Å². The zero-order valence-corrected chi connectivity index (χ0v) is 14.4. The van der Waals surface area contributed by atoms with E-state index in [0.717, 1.165) is 23.5 Å². The van der Waals surface area contributed by atoms with E-state index in [1.165, 1.54) is 6.42 Å². The monoisotopic (exact) mass is 342 g/mol. The van der Waals surface area contributed by atoms with Crippen LogP contribution in [0.1, 0.15) is 36.3 Å². The Kier molecular flexibility index (Phi) is 7.00. The molecule has 0 spiro atoms.